The highest BCUT2D eigenvalue weighted by molar-refractivity contribution is 7.19. The minimum absolute atomic E-state index is 0.151. The average molecular weight is 341 g/mol. The second kappa shape index (κ2) is 7.57. The first-order valence-corrected chi connectivity index (χ1v) is 8.52. The van der Waals surface area contributed by atoms with Crippen LogP contribution in [0.5, 0.6) is 0 Å². The second-order valence-corrected chi connectivity index (χ2v) is 6.59. The number of nitrogens with one attached hydrogen (secondary N) is 1. The Labute approximate surface area is 144 Å². The molecule has 0 aliphatic heterocycles. The fraction of sp³-hybridized carbons (Fsp3) is 0.211. The molecule has 0 saturated carbocycles. The Kier molecular flexibility index (Phi) is 5.25. The molecule has 5 heteroatoms. The van der Waals surface area contributed by atoms with Crippen molar-refractivity contribution in [1.29, 1.82) is 0 Å². The highest BCUT2D eigenvalue weighted by Gasteiger charge is 2.21. The minimum atomic E-state index is -0.736. The first-order chi connectivity index (χ1) is 11.7. The summed E-state index contributed by atoms with van der Waals surface area (Å²) < 4.78 is 6.42. The molecule has 1 unspecified atom stereocenters. The van der Waals surface area contributed by atoms with Crippen molar-refractivity contribution in [2.24, 2.45) is 0 Å². The molecule has 1 amide bonds. The van der Waals surface area contributed by atoms with Crippen LogP contribution in [0, 0.1) is 0 Å². The van der Waals surface area contributed by atoms with E-state index in [1.54, 1.807) is 0 Å². The number of carbonyl (C=O) groups is 1. The third-order valence-corrected chi connectivity index (χ3v) is 5.04. The van der Waals surface area contributed by atoms with E-state index in [0.717, 1.165) is 20.5 Å². The summed E-state index contributed by atoms with van der Waals surface area (Å²) in [6.45, 7) is 0.151. The number of ether oxygens (including phenoxy) is 1. The van der Waals surface area contributed by atoms with Gasteiger partial charge in [0.1, 0.15) is 6.10 Å². The van der Waals surface area contributed by atoms with E-state index in [1.807, 2.05) is 60.7 Å². The maximum absolute atomic E-state index is 12.3. The van der Waals surface area contributed by atoms with Crippen LogP contribution in [0.2, 0.25) is 0 Å². The summed E-state index contributed by atoms with van der Waals surface area (Å²) in [4.78, 5) is 13.2. The third-order valence-electron chi connectivity index (χ3n) is 3.82. The summed E-state index contributed by atoms with van der Waals surface area (Å²) in [5.74, 6) is -0.260. The molecule has 1 heterocycles. The van der Waals surface area contributed by atoms with Gasteiger partial charge in [0.05, 0.1) is 0 Å². The Morgan fingerprint density at radius 3 is 2.58 bits per heavy atom. The standard InChI is InChI=1S/C19H19NO3S/c1-23-18(13-7-3-2-4-8-13)19(22)20-12-15(21)17-11-14-9-5-6-10-16(14)24-17/h2-11,15,18,21H,12H2,1H3,(H,20,22)/t15?,18-/m1/s1. The van der Waals surface area contributed by atoms with Crippen molar-refractivity contribution in [2.45, 2.75) is 12.2 Å². The lowest BCUT2D eigenvalue weighted by Gasteiger charge is -2.17. The highest BCUT2D eigenvalue weighted by Crippen LogP contribution is 2.29. The second-order valence-electron chi connectivity index (χ2n) is 5.47. The normalized spacial score (nSPS) is 13.6. The van der Waals surface area contributed by atoms with Crippen LogP contribution in [0.25, 0.3) is 10.1 Å². The van der Waals surface area contributed by atoms with E-state index >= 15 is 0 Å². The summed E-state index contributed by atoms with van der Waals surface area (Å²) in [6, 6.07) is 19.2. The number of thiophene rings is 1. The topological polar surface area (TPSA) is 58.6 Å². The van der Waals surface area contributed by atoms with Crippen molar-refractivity contribution in [3.05, 3.63) is 71.1 Å². The molecule has 0 aliphatic rings. The van der Waals surface area contributed by atoms with Gasteiger partial charge in [-0.1, -0.05) is 48.5 Å². The van der Waals surface area contributed by atoms with Crippen LogP contribution >= 0.6 is 11.3 Å². The maximum Gasteiger partial charge on any atom is 0.253 e. The van der Waals surface area contributed by atoms with Gasteiger partial charge in [0.2, 0.25) is 0 Å². The minimum Gasteiger partial charge on any atom is -0.386 e. The summed E-state index contributed by atoms with van der Waals surface area (Å²) in [5, 5.41) is 14.2. The molecule has 0 saturated heterocycles. The first kappa shape index (κ1) is 16.6. The number of hydrogen-bond donors (Lipinski definition) is 2. The van der Waals surface area contributed by atoms with E-state index in [-0.39, 0.29) is 12.5 Å². The Morgan fingerprint density at radius 1 is 1.17 bits per heavy atom. The lowest BCUT2D eigenvalue weighted by molar-refractivity contribution is -0.131. The Bertz CT molecular complexity index is 783. The molecule has 2 aromatic carbocycles. The summed E-state index contributed by atoms with van der Waals surface area (Å²) in [5.41, 5.74) is 0.786. The highest BCUT2D eigenvalue weighted by atomic mass is 32.1. The van der Waals surface area contributed by atoms with Gasteiger partial charge in [0.15, 0.2) is 6.10 Å². The van der Waals surface area contributed by atoms with Crippen molar-refractivity contribution < 1.29 is 14.6 Å². The zero-order valence-corrected chi connectivity index (χ0v) is 14.1. The van der Waals surface area contributed by atoms with Gasteiger partial charge in [-0.2, -0.15) is 0 Å². The molecule has 0 spiro atoms. The molecule has 1 aromatic heterocycles. The molecule has 4 nitrogen and oxygen atoms in total. The largest absolute Gasteiger partial charge is 0.386 e. The van der Waals surface area contributed by atoms with Gasteiger partial charge in [-0.15, -0.1) is 11.3 Å². The van der Waals surface area contributed by atoms with Gasteiger partial charge < -0.3 is 15.2 Å². The number of amides is 1. The van der Waals surface area contributed by atoms with Crippen molar-refractivity contribution in [3.8, 4) is 0 Å². The van der Waals surface area contributed by atoms with E-state index < -0.39 is 12.2 Å². The van der Waals surface area contributed by atoms with E-state index in [4.69, 9.17) is 4.74 Å². The van der Waals surface area contributed by atoms with Gasteiger partial charge in [-0.3, -0.25) is 4.79 Å². The maximum atomic E-state index is 12.3. The van der Waals surface area contributed by atoms with E-state index in [2.05, 4.69) is 5.32 Å². The fourth-order valence-corrected chi connectivity index (χ4v) is 3.63. The molecule has 124 valence electrons. The van der Waals surface area contributed by atoms with Crippen molar-refractivity contribution in [3.63, 3.8) is 0 Å². The summed E-state index contributed by atoms with van der Waals surface area (Å²) in [6.07, 6.45) is -1.42. The van der Waals surface area contributed by atoms with Gasteiger partial charge in [-0.05, 0) is 23.1 Å². The lowest BCUT2D eigenvalue weighted by atomic mass is 10.1. The van der Waals surface area contributed by atoms with Crippen molar-refractivity contribution in [1.82, 2.24) is 5.32 Å². The number of carbonyl (C=O) groups excluding carboxylic acids is 1. The first-order valence-electron chi connectivity index (χ1n) is 7.71. The molecular weight excluding hydrogens is 322 g/mol. The zero-order valence-electron chi connectivity index (χ0n) is 13.3. The molecule has 3 rings (SSSR count). The summed E-state index contributed by atoms with van der Waals surface area (Å²) in [7, 11) is 1.50. The van der Waals surface area contributed by atoms with Crippen LogP contribution in [-0.2, 0) is 9.53 Å². The lowest BCUT2D eigenvalue weighted by Crippen LogP contribution is -2.33. The number of methoxy groups -OCH3 is 1. The number of fused-ring (bicyclic) bond motifs is 1. The van der Waals surface area contributed by atoms with Crippen molar-refractivity contribution in [2.75, 3.05) is 13.7 Å². The SMILES string of the molecule is CO[C@@H](C(=O)NCC(O)c1cc2ccccc2s1)c1ccccc1. The number of aliphatic hydroxyl groups excluding tert-OH is 1. The van der Waals surface area contributed by atoms with Gasteiger partial charge >= 0.3 is 0 Å². The van der Waals surface area contributed by atoms with Crippen LogP contribution in [0.4, 0.5) is 0 Å². The van der Waals surface area contributed by atoms with Crippen molar-refractivity contribution >= 4 is 27.3 Å². The van der Waals surface area contributed by atoms with Crippen LogP contribution in [0.15, 0.2) is 60.7 Å². The van der Waals surface area contributed by atoms with Gasteiger partial charge in [-0.25, -0.2) is 0 Å². The Balaban J connectivity index is 1.64. The van der Waals surface area contributed by atoms with Gasteiger partial charge in [0.25, 0.3) is 5.91 Å². The number of aliphatic hydroxyl groups is 1. The Hall–Kier alpha value is -2.21. The molecule has 24 heavy (non-hydrogen) atoms. The molecule has 0 fully saturated rings. The predicted octanol–water partition coefficient (Wildman–Crippen LogP) is 3.44. The quantitative estimate of drug-likeness (QED) is 0.722. The summed E-state index contributed by atoms with van der Waals surface area (Å²) >= 11 is 1.54. The molecule has 0 bridgehead atoms. The van der Waals surface area contributed by atoms with Crippen LogP contribution < -0.4 is 5.32 Å². The predicted molar refractivity (Wildman–Crippen MR) is 96.0 cm³/mol. The van der Waals surface area contributed by atoms with Gasteiger partial charge in [0, 0.05) is 23.2 Å². The molecule has 0 radical (unpaired) electrons. The molecule has 2 N–H and O–H groups in total. The van der Waals surface area contributed by atoms with E-state index in [1.165, 1.54) is 18.4 Å². The number of benzene rings is 2. The molecule has 3 aromatic rings. The van der Waals surface area contributed by atoms with Crippen LogP contribution in [0.3, 0.4) is 0 Å². The monoisotopic (exact) mass is 341 g/mol. The fourth-order valence-electron chi connectivity index (χ4n) is 2.58. The van der Waals surface area contributed by atoms with E-state index in [9.17, 15) is 9.90 Å². The number of hydrogen-bond acceptors (Lipinski definition) is 4. The molecular formula is C19H19NO3S. The number of rotatable bonds is 6. The zero-order chi connectivity index (χ0) is 16.9. The molecule has 0 aliphatic carbocycles. The Morgan fingerprint density at radius 2 is 1.88 bits per heavy atom. The average Bonchev–Trinajstić information content (AvgIpc) is 3.05. The molecule has 2 atom stereocenters. The van der Waals surface area contributed by atoms with Crippen LogP contribution in [-0.4, -0.2) is 24.7 Å². The van der Waals surface area contributed by atoms with E-state index in [0.29, 0.717) is 0 Å². The third kappa shape index (κ3) is 3.64. The smallest absolute Gasteiger partial charge is 0.253 e. The van der Waals surface area contributed by atoms with Crippen LogP contribution in [0.1, 0.15) is 22.6 Å².